The molecule has 0 saturated carbocycles. The molecule has 0 spiro atoms. The van der Waals surface area contributed by atoms with Gasteiger partial charge in [0.05, 0.1) is 11.0 Å². The molecule has 0 aliphatic carbocycles. The molecule has 1 aromatic heterocycles. The van der Waals surface area contributed by atoms with Crippen LogP contribution in [-0.4, -0.2) is 21.6 Å². The lowest BCUT2D eigenvalue weighted by Crippen LogP contribution is -2.30. The summed E-state index contributed by atoms with van der Waals surface area (Å²) in [4.78, 5) is 7.49. The Bertz CT molecular complexity index is 796. The van der Waals surface area contributed by atoms with Crippen LogP contribution in [-0.2, 0) is 6.42 Å². The Kier molecular flexibility index (Phi) is 4.73. The number of aromatic nitrogens is 2. The number of H-pyrrole nitrogens is 1. The fraction of sp³-hybridized carbons (Fsp3) is 0.125. The van der Waals surface area contributed by atoms with Gasteiger partial charge in [-0.25, -0.2) is 9.37 Å². The maximum atomic E-state index is 13.7. The van der Waals surface area contributed by atoms with Gasteiger partial charge in [-0.2, -0.15) is 0 Å². The number of hydrogen-bond donors (Lipinski definition) is 3. The monoisotopic (exact) mass is 348 g/mol. The lowest BCUT2D eigenvalue weighted by Gasteiger charge is -2.09. The summed E-state index contributed by atoms with van der Waals surface area (Å²) < 4.78 is 13.7. The molecular weight excluding hydrogens is 335 g/mol. The van der Waals surface area contributed by atoms with E-state index >= 15 is 0 Å². The highest BCUT2D eigenvalue weighted by atomic mass is 35.5. The smallest absolute Gasteiger partial charge is 0.207 e. The van der Waals surface area contributed by atoms with Crippen molar-refractivity contribution < 1.29 is 4.39 Å². The first-order valence-electron chi connectivity index (χ1n) is 7.06. The Morgan fingerprint density at radius 1 is 1.22 bits per heavy atom. The maximum absolute atomic E-state index is 13.7. The van der Waals surface area contributed by atoms with E-state index in [2.05, 4.69) is 20.6 Å². The van der Waals surface area contributed by atoms with Crippen molar-refractivity contribution in [2.24, 2.45) is 0 Å². The molecule has 23 heavy (non-hydrogen) atoms. The van der Waals surface area contributed by atoms with Crippen LogP contribution in [0.25, 0.3) is 11.0 Å². The van der Waals surface area contributed by atoms with Crippen LogP contribution in [0.15, 0.2) is 42.5 Å². The minimum Gasteiger partial charge on any atom is -0.362 e. The average Bonchev–Trinajstić information content (AvgIpc) is 2.92. The average molecular weight is 349 g/mol. The molecule has 0 bridgehead atoms. The molecule has 4 nitrogen and oxygen atoms in total. The number of fused-ring (bicyclic) bond motifs is 1. The third kappa shape index (κ3) is 3.78. The van der Waals surface area contributed by atoms with Crippen molar-refractivity contribution in [3.8, 4) is 0 Å². The summed E-state index contributed by atoms with van der Waals surface area (Å²) in [5, 5.41) is 6.82. The molecule has 0 atom stereocenters. The van der Waals surface area contributed by atoms with Gasteiger partial charge in [0.25, 0.3) is 0 Å². The quantitative estimate of drug-likeness (QED) is 0.626. The van der Waals surface area contributed by atoms with Crippen molar-refractivity contribution in [1.29, 1.82) is 0 Å². The topological polar surface area (TPSA) is 52.7 Å². The zero-order chi connectivity index (χ0) is 16.2. The lowest BCUT2D eigenvalue weighted by atomic mass is 10.1. The molecule has 0 fully saturated rings. The van der Waals surface area contributed by atoms with E-state index in [0.717, 1.165) is 11.0 Å². The van der Waals surface area contributed by atoms with Crippen molar-refractivity contribution in [1.82, 2.24) is 15.3 Å². The van der Waals surface area contributed by atoms with Gasteiger partial charge in [0.1, 0.15) is 5.82 Å². The summed E-state index contributed by atoms with van der Waals surface area (Å²) in [6.45, 7) is 0.465. The molecule has 0 unspecified atom stereocenters. The first-order valence-corrected chi connectivity index (χ1v) is 7.84. The van der Waals surface area contributed by atoms with E-state index < -0.39 is 0 Å². The first-order chi connectivity index (χ1) is 11.1. The number of benzene rings is 2. The Labute approximate surface area is 143 Å². The van der Waals surface area contributed by atoms with Gasteiger partial charge in [-0.3, -0.25) is 0 Å². The van der Waals surface area contributed by atoms with Crippen LogP contribution in [0, 0.1) is 5.82 Å². The SMILES string of the molecule is Fc1cccc(Cl)c1CCNC(=S)Nc1nc2ccccc2[nH]1. The maximum Gasteiger partial charge on any atom is 0.207 e. The molecule has 7 heteroatoms. The molecule has 3 aromatic rings. The second-order valence-electron chi connectivity index (χ2n) is 4.93. The molecule has 3 N–H and O–H groups in total. The van der Waals surface area contributed by atoms with E-state index in [1.54, 1.807) is 12.1 Å². The summed E-state index contributed by atoms with van der Waals surface area (Å²) in [6, 6.07) is 12.3. The minimum atomic E-state index is -0.310. The van der Waals surface area contributed by atoms with Gasteiger partial charge in [0.2, 0.25) is 5.95 Å². The van der Waals surface area contributed by atoms with Crippen LogP contribution in [0.2, 0.25) is 5.02 Å². The van der Waals surface area contributed by atoms with Gasteiger partial charge >= 0.3 is 0 Å². The summed E-state index contributed by atoms with van der Waals surface area (Å²) in [5.41, 5.74) is 2.26. The summed E-state index contributed by atoms with van der Waals surface area (Å²) >= 11 is 11.2. The molecule has 0 aliphatic heterocycles. The van der Waals surface area contributed by atoms with Gasteiger partial charge in [0.15, 0.2) is 5.11 Å². The van der Waals surface area contributed by atoms with E-state index in [1.807, 2.05) is 24.3 Å². The highest BCUT2D eigenvalue weighted by Crippen LogP contribution is 2.19. The van der Waals surface area contributed by atoms with Gasteiger partial charge in [-0.15, -0.1) is 0 Å². The molecule has 3 rings (SSSR count). The van der Waals surface area contributed by atoms with Crippen LogP contribution in [0.1, 0.15) is 5.56 Å². The zero-order valence-electron chi connectivity index (χ0n) is 12.1. The Morgan fingerprint density at radius 2 is 2.04 bits per heavy atom. The Balaban J connectivity index is 1.55. The number of rotatable bonds is 4. The van der Waals surface area contributed by atoms with Gasteiger partial charge in [-0.1, -0.05) is 29.8 Å². The Hall–Kier alpha value is -2.18. The summed E-state index contributed by atoms with van der Waals surface area (Å²) in [5.74, 6) is 0.253. The molecule has 0 radical (unpaired) electrons. The molecule has 0 amide bonds. The number of para-hydroxylation sites is 2. The largest absolute Gasteiger partial charge is 0.362 e. The highest BCUT2D eigenvalue weighted by molar-refractivity contribution is 7.80. The van der Waals surface area contributed by atoms with Gasteiger partial charge in [-0.05, 0) is 42.9 Å². The number of aromatic amines is 1. The van der Waals surface area contributed by atoms with Crippen LogP contribution in [0.4, 0.5) is 10.3 Å². The number of hydrogen-bond acceptors (Lipinski definition) is 2. The van der Waals surface area contributed by atoms with E-state index in [1.165, 1.54) is 6.07 Å². The van der Waals surface area contributed by atoms with E-state index in [9.17, 15) is 4.39 Å². The second-order valence-corrected chi connectivity index (χ2v) is 5.75. The lowest BCUT2D eigenvalue weighted by molar-refractivity contribution is 0.607. The van der Waals surface area contributed by atoms with Crippen LogP contribution < -0.4 is 10.6 Å². The van der Waals surface area contributed by atoms with Crippen molar-refractivity contribution in [3.63, 3.8) is 0 Å². The predicted octanol–water partition coefficient (Wildman–Crippen LogP) is 3.88. The van der Waals surface area contributed by atoms with E-state index in [-0.39, 0.29) is 5.82 Å². The normalized spacial score (nSPS) is 10.7. The van der Waals surface area contributed by atoms with Crippen molar-refractivity contribution in [2.45, 2.75) is 6.42 Å². The molecule has 118 valence electrons. The van der Waals surface area contributed by atoms with Gasteiger partial charge < -0.3 is 15.6 Å². The molecule has 1 heterocycles. The molecule has 0 saturated heterocycles. The second kappa shape index (κ2) is 6.93. The van der Waals surface area contributed by atoms with E-state index in [0.29, 0.717) is 34.6 Å². The van der Waals surface area contributed by atoms with Crippen LogP contribution >= 0.6 is 23.8 Å². The molecule has 2 aromatic carbocycles. The van der Waals surface area contributed by atoms with Crippen molar-refractivity contribution in [2.75, 3.05) is 11.9 Å². The standard InChI is InChI=1S/C16H14ClFN4S/c17-11-4-3-5-12(18)10(11)8-9-19-16(23)22-15-20-13-6-1-2-7-14(13)21-15/h1-7H,8-9H2,(H3,19,20,21,22,23). The number of nitrogens with zero attached hydrogens (tertiary/aromatic N) is 1. The first kappa shape index (κ1) is 15.7. The number of nitrogens with one attached hydrogen (secondary N) is 3. The number of anilines is 1. The summed E-state index contributed by atoms with van der Waals surface area (Å²) in [6.07, 6.45) is 0.438. The number of thiocarbonyl (C=S) groups is 1. The highest BCUT2D eigenvalue weighted by Gasteiger charge is 2.07. The fourth-order valence-electron chi connectivity index (χ4n) is 2.24. The number of imidazole rings is 1. The van der Waals surface area contributed by atoms with E-state index in [4.69, 9.17) is 23.8 Å². The Morgan fingerprint density at radius 3 is 2.83 bits per heavy atom. The molecule has 0 aliphatic rings. The van der Waals surface area contributed by atoms with Crippen LogP contribution in [0.5, 0.6) is 0 Å². The third-order valence-electron chi connectivity index (χ3n) is 3.34. The number of halogens is 2. The van der Waals surface area contributed by atoms with Crippen LogP contribution in [0.3, 0.4) is 0 Å². The third-order valence-corrected chi connectivity index (χ3v) is 3.94. The van der Waals surface area contributed by atoms with Crippen molar-refractivity contribution >= 4 is 45.9 Å². The summed E-state index contributed by atoms with van der Waals surface area (Å²) in [7, 11) is 0. The van der Waals surface area contributed by atoms with Gasteiger partial charge in [0, 0.05) is 17.1 Å². The minimum absolute atomic E-state index is 0.310. The van der Waals surface area contributed by atoms with Crippen molar-refractivity contribution in [3.05, 3.63) is 58.9 Å². The molecular formula is C16H14ClFN4S. The zero-order valence-corrected chi connectivity index (χ0v) is 13.6. The fourth-order valence-corrected chi connectivity index (χ4v) is 2.69. The predicted molar refractivity (Wildman–Crippen MR) is 95.4 cm³/mol.